The van der Waals surface area contributed by atoms with Crippen LogP contribution in [0.25, 0.3) is 0 Å². The molecular formula is C19H24N2O5. The third kappa shape index (κ3) is 3.80. The average molecular weight is 360 g/mol. The molecule has 2 heterocycles. The van der Waals surface area contributed by atoms with Crippen molar-refractivity contribution in [2.75, 3.05) is 37.8 Å². The first kappa shape index (κ1) is 18.6. The molecule has 2 atom stereocenters. The molecule has 1 aliphatic heterocycles. The quantitative estimate of drug-likeness (QED) is 0.754. The first-order valence-electron chi connectivity index (χ1n) is 8.78. The van der Waals surface area contributed by atoms with Crippen LogP contribution in [0.15, 0.2) is 42.1 Å². The fourth-order valence-electron chi connectivity index (χ4n) is 3.03. The number of esters is 1. The highest BCUT2D eigenvalue weighted by Gasteiger charge is 2.39. The zero-order chi connectivity index (χ0) is 18.6. The molecule has 7 heteroatoms. The standard InChI is InChI=1S/C19H24N2O5/c1-2-17(22)26-13-14-4-3-7-19(24,18(14)23)15-5-6-16(20-12-15)21-8-10-25-11-9-21/h3-7,12,18,23-24H,2,8-11,13H2,1H3/t18-,19+/m1/s1. The molecule has 7 nitrogen and oxygen atoms in total. The Bertz CT molecular complexity index is 694. The number of hydrogen-bond acceptors (Lipinski definition) is 7. The summed E-state index contributed by atoms with van der Waals surface area (Å²) < 4.78 is 10.4. The van der Waals surface area contributed by atoms with Gasteiger partial charge in [0.15, 0.2) is 0 Å². The van der Waals surface area contributed by atoms with Crippen molar-refractivity contribution < 1.29 is 24.5 Å². The lowest BCUT2D eigenvalue weighted by Gasteiger charge is -2.34. The molecule has 0 radical (unpaired) electrons. The molecule has 0 bridgehead atoms. The Labute approximate surface area is 152 Å². The maximum atomic E-state index is 11.3. The van der Waals surface area contributed by atoms with E-state index < -0.39 is 11.7 Å². The largest absolute Gasteiger partial charge is 0.461 e. The molecule has 1 saturated heterocycles. The van der Waals surface area contributed by atoms with Gasteiger partial charge in [-0.05, 0) is 17.7 Å². The molecule has 0 unspecified atom stereocenters. The number of allylic oxidation sites excluding steroid dienone is 2. The van der Waals surface area contributed by atoms with Crippen LogP contribution < -0.4 is 4.90 Å². The summed E-state index contributed by atoms with van der Waals surface area (Å²) in [7, 11) is 0. The summed E-state index contributed by atoms with van der Waals surface area (Å²) in [5, 5.41) is 21.6. The van der Waals surface area contributed by atoms with Gasteiger partial charge in [0, 0.05) is 31.3 Å². The first-order valence-corrected chi connectivity index (χ1v) is 8.78. The zero-order valence-corrected chi connectivity index (χ0v) is 14.8. The number of aliphatic hydroxyl groups is 2. The minimum absolute atomic E-state index is 0.0558. The molecule has 1 aromatic rings. The van der Waals surface area contributed by atoms with Crippen LogP contribution >= 0.6 is 0 Å². The Morgan fingerprint density at radius 1 is 1.42 bits per heavy atom. The molecule has 140 valence electrons. The van der Waals surface area contributed by atoms with E-state index in [0.29, 0.717) is 24.4 Å². The molecule has 3 rings (SSSR count). The van der Waals surface area contributed by atoms with Crippen molar-refractivity contribution >= 4 is 11.8 Å². The number of ether oxygens (including phenoxy) is 2. The number of nitrogens with zero attached hydrogens (tertiary/aromatic N) is 2. The summed E-state index contributed by atoms with van der Waals surface area (Å²) >= 11 is 0. The summed E-state index contributed by atoms with van der Waals surface area (Å²) in [5.74, 6) is 0.454. The molecule has 2 aliphatic rings. The molecule has 1 aromatic heterocycles. The lowest BCUT2D eigenvalue weighted by Crippen LogP contribution is -2.42. The molecular weight excluding hydrogens is 336 g/mol. The third-order valence-corrected chi connectivity index (χ3v) is 4.66. The highest BCUT2D eigenvalue weighted by atomic mass is 16.5. The average Bonchev–Trinajstić information content (AvgIpc) is 2.69. The zero-order valence-electron chi connectivity index (χ0n) is 14.8. The highest BCUT2D eigenvalue weighted by Crippen LogP contribution is 2.34. The van der Waals surface area contributed by atoms with Crippen LogP contribution in [0.2, 0.25) is 0 Å². The SMILES string of the molecule is CCC(=O)OCC1=CC=C[C@](O)(c2ccc(N3CCOCC3)nc2)[C@@H]1O. The number of aliphatic hydroxyl groups excluding tert-OH is 1. The second kappa shape index (κ2) is 7.99. The molecule has 0 aromatic carbocycles. The highest BCUT2D eigenvalue weighted by molar-refractivity contribution is 5.69. The summed E-state index contributed by atoms with van der Waals surface area (Å²) in [6.45, 7) is 4.52. The Morgan fingerprint density at radius 3 is 2.85 bits per heavy atom. The molecule has 26 heavy (non-hydrogen) atoms. The van der Waals surface area contributed by atoms with Gasteiger partial charge in [-0.1, -0.05) is 25.1 Å². The van der Waals surface area contributed by atoms with Gasteiger partial charge < -0.3 is 24.6 Å². The van der Waals surface area contributed by atoms with Crippen LogP contribution in [0.3, 0.4) is 0 Å². The van der Waals surface area contributed by atoms with Crippen molar-refractivity contribution in [1.82, 2.24) is 4.98 Å². The summed E-state index contributed by atoms with van der Waals surface area (Å²) in [6, 6.07) is 3.58. The number of morpholine rings is 1. The van der Waals surface area contributed by atoms with Gasteiger partial charge in [0.2, 0.25) is 0 Å². The summed E-state index contributed by atoms with van der Waals surface area (Å²) in [5.41, 5.74) is -0.695. The van der Waals surface area contributed by atoms with E-state index in [0.717, 1.165) is 18.9 Å². The van der Waals surface area contributed by atoms with Gasteiger partial charge in [-0.15, -0.1) is 0 Å². The van der Waals surface area contributed by atoms with Crippen molar-refractivity contribution in [2.45, 2.75) is 25.0 Å². The van der Waals surface area contributed by atoms with E-state index >= 15 is 0 Å². The number of anilines is 1. The Morgan fingerprint density at radius 2 is 2.19 bits per heavy atom. The van der Waals surface area contributed by atoms with Gasteiger partial charge in [0.1, 0.15) is 24.1 Å². The lowest BCUT2D eigenvalue weighted by molar-refractivity contribution is -0.143. The minimum Gasteiger partial charge on any atom is -0.461 e. The first-order chi connectivity index (χ1) is 12.5. The van der Waals surface area contributed by atoms with Gasteiger partial charge in [-0.25, -0.2) is 4.98 Å². The smallest absolute Gasteiger partial charge is 0.305 e. The Kier molecular flexibility index (Phi) is 5.70. The maximum absolute atomic E-state index is 11.3. The molecule has 2 N–H and O–H groups in total. The summed E-state index contributed by atoms with van der Waals surface area (Å²) in [6.07, 6.45) is 5.44. The van der Waals surface area contributed by atoms with E-state index in [9.17, 15) is 15.0 Å². The van der Waals surface area contributed by atoms with Crippen LogP contribution in [0.5, 0.6) is 0 Å². The van der Waals surface area contributed by atoms with E-state index in [-0.39, 0.29) is 19.0 Å². The van der Waals surface area contributed by atoms with E-state index in [2.05, 4.69) is 9.88 Å². The number of aromatic nitrogens is 1. The second-order valence-corrected chi connectivity index (χ2v) is 6.35. The number of pyridine rings is 1. The Balaban J connectivity index is 1.74. The van der Waals surface area contributed by atoms with Crippen molar-refractivity contribution in [3.05, 3.63) is 47.7 Å². The number of carbonyl (C=O) groups is 1. The second-order valence-electron chi connectivity index (χ2n) is 6.35. The number of carbonyl (C=O) groups excluding carboxylic acids is 1. The monoisotopic (exact) mass is 360 g/mol. The number of hydrogen-bond donors (Lipinski definition) is 2. The van der Waals surface area contributed by atoms with E-state index in [1.165, 1.54) is 6.08 Å². The molecule has 0 saturated carbocycles. The van der Waals surface area contributed by atoms with Crippen molar-refractivity contribution in [3.8, 4) is 0 Å². The van der Waals surface area contributed by atoms with Gasteiger partial charge >= 0.3 is 5.97 Å². The van der Waals surface area contributed by atoms with Crippen molar-refractivity contribution in [2.24, 2.45) is 0 Å². The predicted molar refractivity (Wildman–Crippen MR) is 95.6 cm³/mol. The maximum Gasteiger partial charge on any atom is 0.305 e. The third-order valence-electron chi connectivity index (χ3n) is 4.66. The minimum atomic E-state index is -1.61. The molecule has 0 spiro atoms. The van der Waals surface area contributed by atoms with E-state index in [4.69, 9.17) is 9.47 Å². The lowest BCUT2D eigenvalue weighted by atomic mass is 9.82. The normalized spacial score (nSPS) is 25.7. The van der Waals surface area contributed by atoms with Crippen molar-refractivity contribution in [1.29, 1.82) is 0 Å². The van der Waals surface area contributed by atoms with Crippen LogP contribution in [0.4, 0.5) is 5.82 Å². The van der Waals surface area contributed by atoms with Crippen LogP contribution in [-0.4, -0.2) is 60.2 Å². The fourth-order valence-corrected chi connectivity index (χ4v) is 3.03. The molecule has 1 fully saturated rings. The van der Waals surface area contributed by atoms with Crippen molar-refractivity contribution in [3.63, 3.8) is 0 Å². The van der Waals surface area contributed by atoms with Gasteiger partial charge in [0.25, 0.3) is 0 Å². The molecule has 1 aliphatic carbocycles. The predicted octanol–water partition coefficient (Wildman–Crippen LogP) is 0.916. The van der Waals surface area contributed by atoms with Crippen LogP contribution in [-0.2, 0) is 19.9 Å². The summed E-state index contributed by atoms with van der Waals surface area (Å²) in [4.78, 5) is 17.9. The van der Waals surface area contributed by atoms with Gasteiger partial charge in [-0.2, -0.15) is 0 Å². The fraction of sp³-hybridized carbons (Fsp3) is 0.474. The molecule has 0 amide bonds. The topological polar surface area (TPSA) is 92.1 Å². The van der Waals surface area contributed by atoms with Gasteiger partial charge in [0.05, 0.1) is 13.2 Å². The van der Waals surface area contributed by atoms with Gasteiger partial charge in [-0.3, -0.25) is 4.79 Å². The van der Waals surface area contributed by atoms with E-state index in [1.54, 1.807) is 31.3 Å². The Hall–Kier alpha value is -2.22. The van der Waals surface area contributed by atoms with Crippen LogP contribution in [0.1, 0.15) is 18.9 Å². The van der Waals surface area contributed by atoms with Crippen LogP contribution in [0, 0.1) is 0 Å². The van der Waals surface area contributed by atoms with E-state index in [1.807, 2.05) is 6.07 Å². The number of rotatable bonds is 5.